The number of halogens is 1. The summed E-state index contributed by atoms with van der Waals surface area (Å²) in [6.45, 7) is 0. The van der Waals surface area contributed by atoms with Gasteiger partial charge in [-0.15, -0.1) is 0 Å². The first kappa shape index (κ1) is 16.5. The Balaban J connectivity index is 1.90. The number of nitrogens with zero attached hydrogens (tertiary/aromatic N) is 1. The number of hydrogen-bond donors (Lipinski definition) is 0. The number of allylic oxidation sites excluding steroid dienone is 2. The number of para-hydroxylation sites is 1. The molecule has 0 spiro atoms. The lowest BCUT2D eigenvalue weighted by Gasteiger charge is -2.12. The SMILES string of the molecule is O=C1/C(=C/C=C/c2ccccc2Cl)S(=O)(=O)CN1c1ccccc1. The molecule has 1 amide bonds. The standard InChI is InChI=1S/C18H14ClNO3S/c19-16-11-5-4-7-14(16)8-6-12-17-18(21)20(13-24(17,22)23)15-9-2-1-3-10-15/h1-12H,13H2/b8-6+,17-12-. The number of rotatable bonds is 3. The molecule has 2 aromatic rings. The lowest BCUT2D eigenvalue weighted by atomic mass is 10.2. The molecule has 0 unspecified atom stereocenters. The molecule has 122 valence electrons. The Kier molecular flexibility index (Phi) is 4.55. The third-order valence-corrected chi connectivity index (χ3v) is 5.51. The van der Waals surface area contributed by atoms with Gasteiger partial charge < -0.3 is 0 Å². The van der Waals surface area contributed by atoms with Crippen LogP contribution in [0.2, 0.25) is 5.02 Å². The molecular weight excluding hydrogens is 346 g/mol. The Morgan fingerprint density at radius 1 is 1.00 bits per heavy atom. The fourth-order valence-corrected chi connectivity index (χ4v) is 3.99. The molecule has 3 rings (SSSR count). The van der Waals surface area contributed by atoms with Crippen LogP contribution in [0.3, 0.4) is 0 Å². The minimum absolute atomic E-state index is 0.213. The van der Waals surface area contributed by atoms with Gasteiger partial charge in [0, 0.05) is 10.7 Å². The molecule has 24 heavy (non-hydrogen) atoms. The summed E-state index contributed by atoms with van der Waals surface area (Å²) in [4.78, 5) is 13.5. The predicted molar refractivity (Wildman–Crippen MR) is 96.3 cm³/mol. The van der Waals surface area contributed by atoms with Gasteiger partial charge in [-0.3, -0.25) is 9.69 Å². The van der Waals surface area contributed by atoms with Gasteiger partial charge in [-0.2, -0.15) is 0 Å². The lowest BCUT2D eigenvalue weighted by molar-refractivity contribution is -0.114. The van der Waals surface area contributed by atoms with Crippen molar-refractivity contribution in [3.63, 3.8) is 0 Å². The van der Waals surface area contributed by atoms with Crippen LogP contribution in [0.25, 0.3) is 6.08 Å². The van der Waals surface area contributed by atoms with Crippen LogP contribution in [0, 0.1) is 0 Å². The molecular formula is C18H14ClNO3S. The molecule has 0 N–H and O–H groups in total. The molecule has 0 atom stereocenters. The second kappa shape index (κ2) is 6.63. The van der Waals surface area contributed by atoms with E-state index in [1.807, 2.05) is 12.1 Å². The smallest absolute Gasteiger partial charge is 0.270 e. The van der Waals surface area contributed by atoms with E-state index in [4.69, 9.17) is 11.6 Å². The number of benzene rings is 2. The Labute approximate surface area is 145 Å². The van der Waals surface area contributed by atoms with Crippen molar-refractivity contribution in [2.75, 3.05) is 10.8 Å². The summed E-state index contributed by atoms with van der Waals surface area (Å²) in [7, 11) is -3.64. The normalized spacial score (nSPS) is 18.6. The Morgan fingerprint density at radius 3 is 2.38 bits per heavy atom. The highest BCUT2D eigenvalue weighted by molar-refractivity contribution is 7.97. The fourth-order valence-electron chi connectivity index (χ4n) is 2.39. The Morgan fingerprint density at radius 2 is 1.67 bits per heavy atom. The summed E-state index contributed by atoms with van der Waals surface area (Å²) in [6.07, 6.45) is 4.52. The van der Waals surface area contributed by atoms with Gasteiger partial charge in [0.25, 0.3) is 5.91 Å². The van der Waals surface area contributed by atoms with Crippen LogP contribution in [-0.4, -0.2) is 20.2 Å². The van der Waals surface area contributed by atoms with E-state index in [1.165, 1.54) is 17.1 Å². The van der Waals surface area contributed by atoms with Gasteiger partial charge in [-0.05, 0) is 29.8 Å². The maximum absolute atomic E-state index is 12.4. The summed E-state index contributed by atoms with van der Waals surface area (Å²) in [6, 6.07) is 15.9. The molecule has 1 heterocycles. The third kappa shape index (κ3) is 3.27. The van der Waals surface area contributed by atoms with E-state index in [1.54, 1.807) is 48.5 Å². The Hall–Kier alpha value is -2.37. The first-order valence-electron chi connectivity index (χ1n) is 7.21. The van der Waals surface area contributed by atoms with Gasteiger partial charge >= 0.3 is 0 Å². The van der Waals surface area contributed by atoms with Crippen molar-refractivity contribution in [1.29, 1.82) is 0 Å². The average Bonchev–Trinajstić information content (AvgIpc) is 2.80. The maximum Gasteiger partial charge on any atom is 0.270 e. The van der Waals surface area contributed by atoms with Crippen LogP contribution in [-0.2, 0) is 14.6 Å². The fraction of sp³-hybridized carbons (Fsp3) is 0.0556. The molecule has 1 saturated heterocycles. The maximum atomic E-state index is 12.4. The molecule has 0 saturated carbocycles. The molecule has 1 aliphatic heterocycles. The zero-order valence-electron chi connectivity index (χ0n) is 12.6. The second-order valence-corrected chi connectivity index (χ2v) is 7.56. The van der Waals surface area contributed by atoms with Crippen molar-refractivity contribution >= 4 is 39.1 Å². The van der Waals surface area contributed by atoms with Crippen LogP contribution in [0.4, 0.5) is 5.69 Å². The summed E-state index contributed by atoms with van der Waals surface area (Å²) < 4.78 is 24.5. The number of amides is 1. The highest BCUT2D eigenvalue weighted by atomic mass is 35.5. The molecule has 0 aromatic heterocycles. The van der Waals surface area contributed by atoms with E-state index in [2.05, 4.69) is 0 Å². The first-order valence-corrected chi connectivity index (χ1v) is 9.24. The molecule has 2 aromatic carbocycles. The minimum atomic E-state index is -3.64. The van der Waals surface area contributed by atoms with Crippen LogP contribution in [0.1, 0.15) is 5.56 Å². The van der Waals surface area contributed by atoms with Gasteiger partial charge in [-0.25, -0.2) is 8.42 Å². The van der Waals surface area contributed by atoms with Crippen molar-refractivity contribution < 1.29 is 13.2 Å². The monoisotopic (exact) mass is 359 g/mol. The number of sulfone groups is 1. The molecule has 0 bridgehead atoms. The van der Waals surface area contributed by atoms with E-state index < -0.39 is 15.7 Å². The zero-order valence-corrected chi connectivity index (χ0v) is 14.2. The molecule has 1 aliphatic rings. The average molecular weight is 360 g/mol. The first-order chi connectivity index (χ1) is 11.5. The zero-order chi connectivity index (χ0) is 17.2. The van der Waals surface area contributed by atoms with E-state index in [0.29, 0.717) is 10.7 Å². The highest BCUT2D eigenvalue weighted by Crippen LogP contribution is 2.27. The number of carbonyl (C=O) groups excluding carboxylic acids is 1. The lowest BCUT2D eigenvalue weighted by Crippen LogP contribution is -2.24. The second-order valence-electron chi connectivity index (χ2n) is 5.22. The number of carbonyl (C=O) groups is 1. The van der Waals surface area contributed by atoms with Gasteiger partial charge in [0.1, 0.15) is 10.8 Å². The Bertz CT molecular complexity index is 934. The van der Waals surface area contributed by atoms with Gasteiger partial charge in [0.05, 0.1) is 0 Å². The van der Waals surface area contributed by atoms with Crippen LogP contribution < -0.4 is 4.90 Å². The summed E-state index contributed by atoms with van der Waals surface area (Å²) in [5.74, 6) is -0.869. The van der Waals surface area contributed by atoms with Crippen molar-refractivity contribution in [2.24, 2.45) is 0 Å². The molecule has 6 heteroatoms. The van der Waals surface area contributed by atoms with E-state index in [0.717, 1.165) is 5.56 Å². The van der Waals surface area contributed by atoms with Crippen LogP contribution in [0.5, 0.6) is 0 Å². The van der Waals surface area contributed by atoms with Gasteiger partial charge in [0.2, 0.25) is 9.84 Å². The molecule has 1 fully saturated rings. The van der Waals surface area contributed by atoms with E-state index in [9.17, 15) is 13.2 Å². The number of anilines is 1. The molecule has 0 radical (unpaired) electrons. The molecule has 0 aliphatic carbocycles. The van der Waals surface area contributed by atoms with Gasteiger partial charge in [0.15, 0.2) is 0 Å². The highest BCUT2D eigenvalue weighted by Gasteiger charge is 2.39. The van der Waals surface area contributed by atoms with Crippen molar-refractivity contribution in [1.82, 2.24) is 0 Å². The quantitative estimate of drug-likeness (QED) is 0.786. The summed E-state index contributed by atoms with van der Waals surface area (Å²) in [5, 5.41) is 0.554. The number of hydrogen-bond acceptors (Lipinski definition) is 3. The van der Waals surface area contributed by atoms with E-state index in [-0.39, 0.29) is 10.8 Å². The third-order valence-electron chi connectivity index (χ3n) is 3.59. The van der Waals surface area contributed by atoms with Crippen molar-refractivity contribution in [3.8, 4) is 0 Å². The van der Waals surface area contributed by atoms with Gasteiger partial charge in [-0.1, -0.05) is 60.2 Å². The minimum Gasteiger partial charge on any atom is -0.292 e. The molecule has 4 nitrogen and oxygen atoms in total. The van der Waals surface area contributed by atoms with Crippen LogP contribution in [0.15, 0.2) is 71.7 Å². The predicted octanol–water partition coefficient (Wildman–Crippen LogP) is 3.66. The van der Waals surface area contributed by atoms with E-state index >= 15 is 0 Å². The largest absolute Gasteiger partial charge is 0.292 e. The van der Waals surface area contributed by atoms with Crippen LogP contribution >= 0.6 is 11.6 Å². The van der Waals surface area contributed by atoms with Crippen molar-refractivity contribution in [2.45, 2.75) is 0 Å². The summed E-state index contributed by atoms with van der Waals surface area (Å²) in [5.41, 5.74) is 1.31. The van der Waals surface area contributed by atoms with Crippen molar-refractivity contribution in [3.05, 3.63) is 82.2 Å². The topological polar surface area (TPSA) is 54.5 Å². The summed E-state index contributed by atoms with van der Waals surface area (Å²) >= 11 is 6.04.